The SMILES string of the molecule is Clc1nc(Nc2cc(Br)ccc2Cl)c2cn[nH]c2n1. The summed E-state index contributed by atoms with van der Waals surface area (Å²) in [5.74, 6) is 0.545. The molecule has 0 fully saturated rings. The maximum Gasteiger partial charge on any atom is 0.226 e. The summed E-state index contributed by atoms with van der Waals surface area (Å²) in [4.78, 5) is 8.18. The molecule has 2 aromatic heterocycles. The van der Waals surface area contributed by atoms with Crippen molar-refractivity contribution < 1.29 is 0 Å². The Bertz CT molecular complexity index is 758. The van der Waals surface area contributed by atoms with Gasteiger partial charge >= 0.3 is 0 Å². The van der Waals surface area contributed by atoms with Crippen LogP contribution in [0, 0.1) is 0 Å². The predicted octanol–water partition coefficient (Wildman–Crippen LogP) is 4.17. The van der Waals surface area contributed by atoms with E-state index in [2.05, 4.69) is 41.4 Å². The number of rotatable bonds is 2. The number of H-pyrrole nitrogens is 1. The lowest BCUT2D eigenvalue weighted by atomic mass is 10.3. The van der Waals surface area contributed by atoms with Crippen LogP contribution in [0.5, 0.6) is 0 Å². The molecule has 0 amide bonds. The van der Waals surface area contributed by atoms with E-state index >= 15 is 0 Å². The molecule has 0 aliphatic heterocycles. The zero-order valence-corrected chi connectivity index (χ0v) is 12.4. The van der Waals surface area contributed by atoms with Crippen LogP contribution in [0.4, 0.5) is 11.5 Å². The van der Waals surface area contributed by atoms with E-state index < -0.39 is 0 Å². The van der Waals surface area contributed by atoms with Gasteiger partial charge in [-0.15, -0.1) is 0 Å². The summed E-state index contributed by atoms with van der Waals surface area (Å²) >= 11 is 15.4. The lowest BCUT2D eigenvalue weighted by molar-refractivity contribution is 1.09. The topological polar surface area (TPSA) is 66.5 Å². The predicted molar refractivity (Wildman–Crippen MR) is 79.1 cm³/mol. The normalized spacial score (nSPS) is 10.9. The van der Waals surface area contributed by atoms with E-state index in [0.29, 0.717) is 22.2 Å². The van der Waals surface area contributed by atoms with Gasteiger partial charge in [-0.3, -0.25) is 5.10 Å². The van der Waals surface area contributed by atoms with Crippen molar-refractivity contribution in [1.29, 1.82) is 0 Å². The van der Waals surface area contributed by atoms with Gasteiger partial charge in [-0.25, -0.2) is 0 Å². The van der Waals surface area contributed by atoms with Crippen LogP contribution in [0.2, 0.25) is 10.3 Å². The first-order chi connectivity index (χ1) is 9.13. The molecule has 0 bridgehead atoms. The molecule has 0 atom stereocenters. The molecule has 0 radical (unpaired) electrons. The first-order valence-corrected chi connectivity index (χ1v) is 6.77. The Labute approximate surface area is 126 Å². The fraction of sp³-hybridized carbons (Fsp3) is 0. The molecule has 0 aliphatic carbocycles. The molecular formula is C11H6BrCl2N5. The van der Waals surface area contributed by atoms with Gasteiger partial charge in [0.2, 0.25) is 5.28 Å². The van der Waals surface area contributed by atoms with Gasteiger partial charge in [-0.2, -0.15) is 15.1 Å². The van der Waals surface area contributed by atoms with Gasteiger partial charge in [0.25, 0.3) is 0 Å². The molecule has 0 unspecified atom stereocenters. The van der Waals surface area contributed by atoms with E-state index in [0.717, 1.165) is 9.86 Å². The molecule has 0 saturated carbocycles. The third kappa shape index (κ3) is 2.51. The standard InChI is InChI=1S/C11H6BrCl2N5/c12-5-1-2-7(13)8(3-5)16-9-6-4-15-19-10(6)18-11(14)17-9/h1-4H,(H2,15,16,17,18,19). The number of nitrogens with zero attached hydrogens (tertiary/aromatic N) is 3. The zero-order valence-electron chi connectivity index (χ0n) is 9.28. The highest BCUT2D eigenvalue weighted by molar-refractivity contribution is 9.10. The van der Waals surface area contributed by atoms with Gasteiger partial charge in [0.1, 0.15) is 5.82 Å². The summed E-state index contributed by atoms with van der Waals surface area (Å²) in [5.41, 5.74) is 1.28. The Kier molecular flexibility index (Phi) is 3.30. The second kappa shape index (κ2) is 4.96. The van der Waals surface area contributed by atoms with Crippen molar-refractivity contribution in [2.45, 2.75) is 0 Å². The van der Waals surface area contributed by atoms with E-state index in [1.807, 2.05) is 12.1 Å². The van der Waals surface area contributed by atoms with Crippen molar-refractivity contribution in [2.24, 2.45) is 0 Å². The Balaban J connectivity index is 2.10. The molecule has 3 aromatic rings. The average molecular weight is 359 g/mol. The van der Waals surface area contributed by atoms with Gasteiger partial charge in [0.05, 0.1) is 22.3 Å². The number of nitrogens with one attached hydrogen (secondary N) is 2. The van der Waals surface area contributed by atoms with E-state index in [1.54, 1.807) is 12.3 Å². The van der Waals surface area contributed by atoms with E-state index in [1.165, 1.54) is 0 Å². The Hall–Kier alpha value is -1.37. The second-order valence-electron chi connectivity index (χ2n) is 3.72. The van der Waals surface area contributed by atoms with Crippen molar-refractivity contribution in [3.63, 3.8) is 0 Å². The molecule has 2 N–H and O–H groups in total. The summed E-state index contributed by atoms with van der Waals surface area (Å²) in [7, 11) is 0. The lowest BCUT2D eigenvalue weighted by Gasteiger charge is -2.09. The monoisotopic (exact) mass is 357 g/mol. The van der Waals surface area contributed by atoms with Crippen LogP contribution in [0.1, 0.15) is 0 Å². The number of halogens is 3. The van der Waals surface area contributed by atoms with Crippen LogP contribution < -0.4 is 5.32 Å². The highest BCUT2D eigenvalue weighted by atomic mass is 79.9. The number of aromatic nitrogens is 4. The van der Waals surface area contributed by atoms with Crippen LogP contribution in [0.25, 0.3) is 11.0 Å². The summed E-state index contributed by atoms with van der Waals surface area (Å²) in [6, 6.07) is 5.49. The Morgan fingerprint density at radius 1 is 1.21 bits per heavy atom. The molecular weight excluding hydrogens is 353 g/mol. The zero-order chi connectivity index (χ0) is 13.4. The molecule has 5 nitrogen and oxygen atoms in total. The fourth-order valence-electron chi connectivity index (χ4n) is 1.62. The van der Waals surface area contributed by atoms with Gasteiger partial charge in [-0.1, -0.05) is 27.5 Å². The number of benzene rings is 1. The quantitative estimate of drug-likeness (QED) is 0.675. The third-order valence-corrected chi connectivity index (χ3v) is 3.46. The van der Waals surface area contributed by atoms with Gasteiger partial charge in [0.15, 0.2) is 5.65 Å². The number of hydrogen-bond donors (Lipinski definition) is 2. The number of aromatic amines is 1. The van der Waals surface area contributed by atoms with Gasteiger partial charge in [-0.05, 0) is 29.8 Å². The molecule has 3 rings (SSSR count). The third-order valence-electron chi connectivity index (χ3n) is 2.46. The van der Waals surface area contributed by atoms with E-state index in [4.69, 9.17) is 23.2 Å². The van der Waals surface area contributed by atoms with Crippen molar-refractivity contribution >= 4 is 61.7 Å². The van der Waals surface area contributed by atoms with Crippen LogP contribution in [-0.4, -0.2) is 20.2 Å². The van der Waals surface area contributed by atoms with Gasteiger partial charge < -0.3 is 5.32 Å². The number of hydrogen-bond acceptors (Lipinski definition) is 4. The summed E-state index contributed by atoms with van der Waals surface area (Å²) in [6.45, 7) is 0. The lowest BCUT2D eigenvalue weighted by Crippen LogP contribution is -1.97. The fourth-order valence-corrected chi connectivity index (χ4v) is 2.32. The molecule has 19 heavy (non-hydrogen) atoms. The minimum Gasteiger partial charge on any atom is -0.338 e. The maximum absolute atomic E-state index is 6.13. The van der Waals surface area contributed by atoms with E-state index in [9.17, 15) is 0 Å². The van der Waals surface area contributed by atoms with Crippen molar-refractivity contribution in [3.8, 4) is 0 Å². The van der Waals surface area contributed by atoms with Crippen LogP contribution in [-0.2, 0) is 0 Å². The van der Waals surface area contributed by atoms with Crippen molar-refractivity contribution in [2.75, 3.05) is 5.32 Å². The van der Waals surface area contributed by atoms with Gasteiger partial charge in [0, 0.05) is 4.47 Å². The second-order valence-corrected chi connectivity index (χ2v) is 5.38. The highest BCUT2D eigenvalue weighted by Gasteiger charge is 2.10. The van der Waals surface area contributed by atoms with Crippen molar-refractivity contribution in [3.05, 3.63) is 39.2 Å². The Morgan fingerprint density at radius 2 is 2.05 bits per heavy atom. The number of fused-ring (bicyclic) bond motifs is 1. The molecule has 0 aliphatic rings. The van der Waals surface area contributed by atoms with Crippen LogP contribution in [0.15, 0.2) is 28.9 Å². The Morgan fingerprint density at radius 3 is 2.89 bits per heavy atom. The molecule has 2 heterocycles. The number of anilines is 2. The van der Waals surface area contributed by atoms with Crippen LogP contribution >= 0.6 is 39.1 Å². The first-order valence-electron chi connectivity index (χ1n) is 5.22. The molecule has 1 aromatic carbocycles. The summed E-state index contributed by atoms with van der Waals surface area (Å²) in [6.07, 6.45) is 1.62. The average Bonchev–Trinajstić information content (AvgIpc) is 2.82. The molecule has 8 heteroatoms. The summed E-state index contributed by atoms with van der Waals surface area (Å²) < 4.78 is 0.906. The molecule has 96 valence electrons. The molecule has 0 spiro atoms. The minimum atomic E-state index is 0.130. The minimum absolute atomic E-state index is 0.130. The molecule has 0 saturated heterocycles. The van der Waals surface area contributed by atoms with Crippen LogP contribution in [0.3, 0.4) is 0 Å². The summed E-state index contributed by atoms with van der Waals surface area (Å²) in [5, 5.41) is 11.2. The van der Waals surface area contributed by atoms with Crippen molar-refractivity contribution in [1.82, 2.24) is 20.2 Å². The largest absolute Gasteiger partial charge is 0.338 e. The maximum atomic E-state index is 6.13. The first kappa shape index (κ1) is 12.7. The van der Waals surface area contributed by atoms with E-state index in [-0.39, 0.29) is 5.28 Å². The highest BCUT2D eigenvalue weighted by Crippen LogP contribution is 2.30. The smallest absolute Gasteiger partial charge is 0.226 e.